The molecule has 1 aliphatic rings. The molecular weight excluding hydrogens is 488 g/mol. The van der Waals surface area contributed by atoms with Crippen LogP contribution < -0.4 is 14.9 Å². The number of hydrogen-bond acceptors (Lipinski definition) is 5. The SMILES string of the molecule is CCOC(=O)C1=C(C)N=c2s/c(=C/c3cccc(Br)c3)c(=O)n2[C@@H]1/C=C\c1ccccc1. The summed E-state index contributed by atoms with van der Waals surface area (Å²) < 4.78 is 8.35. The molecule has 3 aromatic rings. The largest absolute Gasteiger partial charge is 0.463 e. The van der Waals surface area contributed by atoms with E-state index in [-0.39, 0.29) is 12.2 Å². The zero-order valence-corrected chi connectivity index (χ0v) is 20.0. The zero-order chi connectivity index (χ0) is 22.7. The molecule has 0 amide bonds. The Hall–Kier alpha value is -3.03. The fraction of sp³-hybridized carbons (Fsp3) is 0.160. The summed E-state index contributed by atoms with van der Waals surface area (Å²) in [7, 11) is 0. The Kier molecular flexibility index (Phi) is 6.67. The maximum Gasteiger partial charge on any atom is 0.338 e. The van der Waals surface area contributed by atoms with E-state index in [1.807, 2.05) is 72.8 Å². The van der Waals surface area contributed by atoms with Gasteiger partial charge < -0.3 is 4.74 Å². The smallest absolute Gasteiger partial charge is 0.338 e. The summed E-state index contributed by atoms with van der Waals surface area (Å²) in [6.07, 6.45) is 5.62. The first kappa shape index (κ1) is 22.2. The zero-order valence-electron chi connectivity index (χ0n) is 17.6. The van der Waals surface area contributed by atoms with Gasteiger partial charge in [0, 0.05) is 4.47 Å². The minimum atomic E-state index is -0.602. The first-order valence-electron chi connectivity index (χ1n) is 10.2. The highest BCUT2D eigenvalue weighted by Crippen LogP contribution is 2.26. The fourth-order valence-corrected chi connectivity index (χ4v) is 5.00. The Morgan fingerprint density at radius 2 is 1.94 bits per heavy atom. The predicted molar refractivity (Wildman–Crippen MR) is 131 cm³/mol. The van der Waals surface area contributed by atoms with Gasteiger partial charge in [0.25, 0.3) is 5.56 Å². The standard InChI is InChI=1S/C25H21BrN2O3S/c1-3-31-24(30)22-16(2)27-25-28(20(22)13-12-17-8-5-4-6-9-17)23(29)21(32-25)15-18-10-7-11-19(26)14-18/h4-15,20H,3H2,1-2H3/b13-12-,21-15+/t20-/m1/s1. The van der Waals surface area contributed by atoms with Crippen LogP contribution in [0.1, 0.15) is 31.0 Å². The number of fused-ring (bicyclic) bond motifs is 1. The van der Waals surface area contributed by atoms with Crippen molar-refractivity contribution in [3.63, 3.8) is 0 Å². The summed E-state index contributed by atoms with van der Waals surface area (Å²) in [5.74, 6) is -0.460. The second-order valence-electron chi connectivity index (χ2n) is 7.17. The molecule has 0 unspecified atom stereocenters. The fourth-order valence-electron chi connectivity index (χ4n) is 3.53. The lowest BCUT2D eigenvalue weighted by molar-refractivity contribution is -0.139. The molecule has 32 heavy (non-hydrogen) atoms. The first-order chi connectivity index (χ1) is 15.5. The van der Waals surface area contributed by atoms with Crippen LogP contribution in [0.5, 0.6) is 0 Å². The van der Waals surface area contributed by atoms with E-state index < -0.39 is 12.0 Å². The third kappa shape index (κ3) is 4.59. The van der Waals surface area contributed by atoms with Crippen molar-refractivity contribution < 1.29 is 9.53 Å². The van der Waals surface area contributed by atoms with E-state index in [2.05, 4.69) is 20.9 Å². The summed E-state index contributed by atoms with van der Waals surface area (Å²) >= 11 is 4.78. The van der Waals surface area contributed by atoms with Crippen molar-refractivity contribution in [3.8, 4) is 0 Å². The topological polar surface area (TPSA) is 60.7 Å². The Morgan fingerprint density at radius 1 is 1.19 bits per heavy atom. The van der Waals surface area contributed by atoms with Gasteiger partial charge in [-0.25, -0.2) is 9.79 Å². The third-order valence-electron chi connectivity index (χ3n) is 4.98. The highest BCUT2D eigenvalue weighted by Gasteiger charge is 2.30. The van der Waals surface area contributed by atoms with Gasteiger partial charge in [-0.15, -0.1) is 0 Å². The van der Waals surface area contributed by atoms with Gasteiger partial charge in [0.1, 0.15) is 0 Å². The lowest BCUT2D eigenvalue weighted by Crippen LogP contribution is -2.38. The van der Waals surface area contributed by atoms with E-state index in [4.69, 9.17) is 4.74 Å². The Labute approximate surface area is 197 Å². The van der Waals surface area contributed by atoms with E-state index in [1.165, 1.54) is 11.3 Å². The van der Waals surface area contributed by atoms with Crippen molar-refractivity contribution in [3.05, 3.63) is 107 Å². The highest BCUT2D eigenvalue weighted by molar-refractivity contribution is 9.10. The van der Waals surface area contributed by atoms with E-state index in [1.54, 1.807) is 18.4 Å². The van der Waals surface area contributed by atoms with Crippen molar-refractivity contribution in [2.24, 2.45) is 4.99 Å². The maximum absolute atomic E-state index is 13.4. The van der Waals surface area contributed by atoms with Gasteiger partial charge in [0.05, 0.1) is 28.5 Å². The molecular formula is C25H21BrN2O3S. The molecule has 0 aliphatic carbocycles. The van der Waals surface area contributed by atoms with E-state index in [0.717, 1.165) is 15.6 Å². The van der Waals surface area contributed by atoms with Gasteiger partial charge >= 0.3 is 5.97 Å². The molecule has 0 saturated heterocycles. The van der Waals surface area contributed by atoms with Crippen LogP contribution in [-0.4, -0.2) is 17.1 Å². The minimum Gasteiger partial charge on any atom is -0.463 e. The van der Waals surface area contributed by atoms with Crippen LogP contribution >= 0.6 is 27.3 Å². The molecule has 1 aromatic heterocycles. The number of allylic oxidation sites excluding steroid dienone is 2. The Balaban J connectivity index is 1.88. The van der Waals surface area contributed by atoms with Gasteiger partial charge in [-0.2, -0.15) is 0 Å². The number of ether oxygens (including phenoxy) is 1. The number of benzene rings is 2. The van der Waals surface area contributed by atoms with Crippen molar-refractivity contribution in [2.45, 2.75) is 19.9 Å². The minimum absolute atomic E-state index is 0.189. The van der Waals surface area contributed by atoms with Gasteiger partial charge in [0.2, 0.25) is 0 Å². The van der Waals surface area contributed by atoms with Crippen LogP contribution in [0, 0.1) is 0 Å². The van der Waals surface area contributed by atoms with Crippen LogP contribution in [0.3, 0.4) is 0 Å². The molecule has 2 aromatic carbocycles. The molecule has 162 valence electrons. The van der Waals surface area contributed by atoms with Crippen molar-refractivity contribution in [1.29, 1.82) is 0 Å². The molecule has 0 spiro atoms. The quantitative estimate of drug-likeness (QED) is 0.484. The molecule has 0 saturated carbocycles. The van der Waals surface area contributed by atoms with Gasteiger partial charge in [-0.3, -0.25) is 9.36 Å². The molecule has 0 bridgehead atoms. The number of thiazole rings is 1. The number of halogens is 1. The lowest BCUT2D eigenvalue weighted by atomic mass is 10.0. The average molecular weight is 509 g/mol. The monoisotopic (exact) mass is 508 g/mol. The predicted octanol–water partition coefficient (Wildman–Crippen LogP) is 4.23. The normalized spacial score (nSPS) is 16.2. The van der Waals surface area contributed by atoms with Crippen LogP contribution in [0.25, 0.3) is 12.2 Å². The maximum atomic E-state index is 13.4. The van der Waals surface area contributed by atoms with Gasteiger partial charge in [-0.1, -0.05) is 81.9 Å². The molecule has 0 fully saturated rings. The number of aromatic nitrogens is 1. The summed E-state index contributed by atoms with van der Waals surface area (Å²) in [6.45, 7) is 3.79. The Morgan fingerprint density at radius 3 is 2.66 bits per heavy atom. The first-order valence-corrected chi connectivity index (χ1v) is 11.8. The average Bonchev–Trinajstić information content (AvgIpc) is 3.07. The molecule has 7 heteroatoms. The number of esters is 1. The van der Waals surface area contributed by atoms with Crippen molar-refractivity contribution in [1.82, 2.24) is 4.57 Å². The van der Waals surface area contributed by atoms with E-state index in [0.29, 0.717) is 20.6 Å². The molecule has 0 N–H and O–H groups in total. The van der Waals surface area contributed by atoms with Crippen molar-refractivity contribution in [2.75, 3.05) is 6.61 Å². The number of carbonyl (C=O) groups excluding carboxylic acids is 1. The highest BCUT2D eigenvalue weighted by atomic mass is 79.9. The molecule has 2 heterocycles. The summed E-state index contributed by atoms with van der Waals surface area (Å²) in [6, 6.07) is 16.9. The molecule has 5 nitrogen and oxygen atoms in total. The lowest BCUT2D eigenvalue weighted by Gasteiger charge is -2.21. The molecule has 1 aliphatic heterocycles. The van der Waals surface area contributed by atoms with E-state index in [9.17, 15) is 9.59 Å². The number of carbonyl (C=O) groups is 1. The molecule has 1 atom stereocenters. The number of nitrogens with zero attached hydrogens (tertiary/aromatic N) is 2. The van der Waals surface area contributed by atoms with E-state index >= 15 is 0 Å². The van der Waals surface area contributed by atoms with Crippen molar-refractivity contribution >= 4 is 45.4 Å². The summed E-state index contributed by atoms with van der Waals surface area (Å²) in [5, 5.41) is 0. The van der Waals surface area contributed by atoms with Crippen LogP contribution in [0.4, 0.5) is 0 Å². The summed E-state index contributed by atoms with van der Waals surface area (Å²) in [4.78, 5) is 31.3. The van der Waals surface area contributed by atoms with Crippen LogP contribution in [0.15, 0.2) is 86.2 Å². The molecule has 4 rings (SSSR count). The van der Waals surface area contributed by atoms with Crippen LogP contribution in [0.2, 0.25) is 0 Å². The van der Waals surface area contributed by atoms with Gasteiger partial charge in [0.15, 0.2) is 4.80 Å². The van der Waals surface area contributed by atoms with Gasteiger partial charge in [-0.05, 0) is 43.2 Å². The van der Waals surface area contributed by atoms with Crippen LogP contribution in [-0.2, 0) is 9.53 Å². The number of rotatable bonds is 5. The second-order valence-corrected chi connectivity index (χ2v) is 9.09. The molecule has 0 radical (unpaired) electrons. The second kappa shape index (κ2) is 9.63. The Bertz CT molecular complexity index is 1400. The number of hydrogen-bond donors (Lipinski definition) is 0. The third-order valence-corrected chi connectivity index (χ3v) is 6.45. The summed E-state index contributed by atoms with van der Waals surface area (Å²) in [5.41, 5.74) is 2.62.